The van der Waals surface area contributed by atoms with Crippen LogP contribution in [0.15, 0.2) is 72.8 Å². The van der Waals surface area contributed by atoms with Crippen molar-refractivity contribution in [3.63, 3.8) is 0 Å². The molecule has 1 saturated heterocycles. The lowest BCUT2D eigenvalue weighted by molar-refractivity contribution is -0.120. The summed E-state index contributed by atoms with van der Waals surface area (Å²) >= 11 is 0. The number of anilines is 2. The molecule has 1 unspecified atom stereocenters. The van der Waals surface area contributed by atoms with Crippen LogP contribution in [0.4, 0.5) is 16.2 Å². The van der Waals surface area contributed by atoms with E-state index in [2.05, 4.69) is 85.4 Å². The Kier molecular flexibility index (Phi) is 9.08. The molecule has 1 fully saturated rings. The molecule has 1 aliphatic heterocycles. The fraction of sp³-hybridized carbons (Fsp3) is 0.394. The molecule has 0 aliphatic carbocycles. The minimum absolute atomic E-state index is 0.0713. The number of piperidine rings is 1. The van der Waals surface area contributed by atoms with Gasteiger partial charge in [0, 0.05) is 16.9 Å². The topological polar surface area (TPSA) is 82.3 Å². The number of Topliss-reactive ketones (excluding diaryl/α,β-unsaturated/α-hetero) is 1. The molecule has 1 aliphatic rings. The van der Waals surface area contributed by atoms with E-state index in [1.54, 1.807) is 6.92 Å². The van der Waals surface area contributed by atoms with Crippen molar-refractivity contribution in [3.8, 4) is 11.1 Å². The zero-order valence-corrected chi connectivity index (χ0v) is 23.8. The maximum atomic E-state index is 13.6. The minimum Gasteiger partial charge on any atom is -0.376 e. The Labute approximate surface area is 233 Å². The number of benzene rings is 3. The van der Waals surface area contributed by atoms with Crippen LogP contribution < -0.4 is 21.3 Å². The summed E-state index contributed by atoms with van der Waals surface area (Å²) in [5.74, 6) is 0.419. The predicted molar refractivity (Wildman–Crippen MR) is 162 cm³/mol. The van der Waals surface area contributed by atoms with Gasteiger partial charge in [-0.05, 0) is 67.4 Å². The van der Waals surface area contributed by atoms with Gasteiger partial charge in [0.15, 0.2) is 5.78 Å². The molecule has 0 bridgehead atoms. The number of carbonyl (C=O) groups excluding carboxylic acids is 2. The zero-order chi connectivity index (χ0) is 28.0. The smallest absolute Gasteiger partial charge is 0.319 e. The van der Waals surface area contributed by atoms with Gasteiger partial charge in [-0.25, -0.2) is 4.79 Å². The fourth-order valence-electron chi connectivity index (χ4n) is 5.69. The lowest BCUT2D eigenvalue weighted by atomic mass is 9.78. The van der Waals surface area contributed by atoms with Crippen molar-refractivity contribution >= 4 is 23.2 Å². The van der Waals surface area contributed by atoms with Crippen molar-refractivity contribution in [2.24, 2.45) is 0 Å². The Morgan fingerprint density at radius 1 is 0.795 bits per heavy atom. The Balaban J connectivity index is 1.66. The number of para-hydroxylation sites is 2. The van der Waals surface area contributed by atoms with E-state index in [0.717, 1.165) is 46.7 Å². The third-order valence-electron chi connectivity index (χ3n) is 7.74. The van der Waals surface area contributed by atoms with Crippen molar-refractivity contribution in [3.05, 3.63) is 83.9 Å². The van der Waals surface area contributed by atoms with Gasteiger partial charge in [0.1, 0.15) is 6.04 Å². The first-order valence-corrected chi connectivity index (χ1v) is 14.1. The summed E-state index contributed by atoms with van der Waals surface area (Å²) in [6.07, 6.45) is 1.39. The molecule has 1 atom stereocenters. The van der Waals surface area contributed by atoms with Gasteiger partial charge in [0.05, 0.1) is 5.54 Å². The molecule has 1 heterocycles. The number of nitrogens with one attached hydrogen (secondary N) is 4. The zero-order valence-electron chi connectivity index (χ0n) is 23.8. The molecule has 6 heteroatoms. The van der Waals surface area contributed by atoms with Crippen LogP contribution in [0.3, 0.4) is 0 Å². The van der Waals surface area contributed by atoms with Gasteiger partial charge in [-0.15, -0.1) is 0 Å². The Morgan fingerprint density at radius 3 is 1.97 bits per heavy atom. The van der Waals surface area contributed by atoms with Gasteiger partial charge in [-0.3, -0.25) is 4.79 Å². The number of urea groups is 1. The van der Waals surface area contributed by atoms with Crippen molar-refractivity contribution in [2.45, 2.75) is 70.9 Å². The Bertz CT molecular complexity index is 1250. The van der Waals surface area contributed by atoms with Crippen LogP contribution in [-0.2, 0) is 4.79 Å². The third kappa shape index (κ3) is 6.51. The van der Waals surface area contributed by atoms with Gasteiger partial charge < -0.3 is 21.3 Å². The molecule has 4 N–H and O–H groups in total. The van der Waals surface area contributed by atoms with E-state index in [4.69, 9.17) is 0 Å². The summed E-state index contributed by atoms with van der Waals surface area (Å²) in [5.41, 5.74) is 5.48. The second-order valence-electron chi connectivity index (χ2n) is 11.2. The second kappa shape index (κ2) is 12.5. The molecule has 3 aromatic rings. The molecular weight excluding hydrogens is 484 g/mol. The van der Waals surface area contributed by atoms with Crippen LogP contribution in [0, 0.1) is 0 Å². The van der Waals surface area contributed by atoms with E-state index in [0.29, 0.717) is 12.8 Å². The molecule has 206 valence electrons. The lowest BCUT2D eigenvalue weighted by Gasteiger charge is -2.44. The Hall–Kier alpha value is -3.64. The van der Waals surface area contributed by atoms with Gasteiger partial charge in [-0.2, -0.15) is 0 Å². The summed E-state index contributed by atoms with van der Waals surface area (Å²) in [6, 6.07) is 23.5. The van der Waals surface area contributed by atoms with E-state index in [1.165, 1.54) is 0 Å². The fourth-order valence-corrected chi connectivity index (χ4v) is 5.69. The van der Waals surface area contributed by atoms with Crippen molar-refractivity contribution in [2.75, 3.05) is 23.7 Å². The molecule has 3 aromatic carbocycles. The highest BCUT2D eigenvalue weighted by Crippen LogP contribution is 2.35. The van der Waals surface area contributed by atoms with Gasteiger partial charge >= 0.3 is 6.03 Å². The van der Waals surface area contributed by atoms with Crippen molar-refractivity contribution in [1.82, 2.24) is 10.6 Å². The van der Waals surface area contributed by atoms with Crippen molar-refractivity contribution < 1.29 is 9.59 Å². The first-order chi connectivity index (χ1) is 18.7. The number of rotatable bonds is 9. The summed E-state index contributed by atoms with van der Waals surface area (Å²) in [6.45, 7) is 11.6. The maximum absolute atomic E-state index is 13.6. The first kappa shape index (κ1) is 28.4. The average Bonchev–Trinajstić information content (AvgIpc) is 2.92. The van der Waals surface area contributed by atoms with E-state index in [-0.39, 0.29) is 23.7 Å². The highest BCUT2D eigenvalue weighted by atomic mass is 16.2. The van der Waals surface area contributed by atoms with Gasteiger partial charge in [-0.1, -0.05) is 94.4 Å². The molecule has 39 heavy (non-hydrogen) atoms. The highest BCUT2D eigenvalue weighted by Gasteiger charge is 2.44. The SMILES string of the molecule is CC(=O)C(NC(=O)Nc1c(C(C)C)cccc1C(C)C)C1(Nc2ccccc2-c2ccccc2)CCNCC1. The number of hydrogen-bond acceptors (Lipinski definition) is 4. The van der Waals surface area contributed by atoms with Gasteiger partial charge in [0.2, 0.25) is 0 Å². The van der Waals surface area contributed by atoms with Crippen LogP contribution in [0.25, 0.3) is 11.1 Å². The molecule has 0 spiro atoms. The van der Waals surface area contributed by atoms with Crippen LogP contribution in [0.1, 0.15) is 70.4 Å². The van der Waals surface area contributed by atoms with Crippen LogP contribution >= 0.6 is 0 Å². The number of ketones is 1. The van der Waals surface area contributed by atoms with Crippen LogP contribution in [0.5, 0.6) is 0 Å². The quantitative estimate of drug-likeness (QED) is 0.244. The van der Waals surface area contributed by atoms with Crippen LogP contribution in [-0.4, -0.2) is 36.5 Å². The van der Waals surface area contributed by atoms with Crippen LogP contribution in [0.2, 0.25) is 0 Å². The molecular formula is C33H42N4O2. The first-order valence-electron chi connectivity index (χ1n) is 14.1. The summed E-state index contributed by atoms with van der Waals surface area (Å²) in [7, 11) is 0. The normalized spacial score (nSPS) is 15.6. The van der Waals surface area contributed by atoms with Gasteiger partial charge in [0.25, 0.3) is 0 Å². The third-order valence-corrected chi connectivity index (χ3v) is 7.74. The maximum Gasteiger partial charge on any atom is 0.319 e. The minimum atomic E-state index is -0.711. The molecule has 0 radical (unpaired) electrons. The van der Waals surface area contributed by atoms with E-state index >= 15 is 0 Å². The van der Waals surface area contributed by atoms with E-state index in [9.17, 15) is 9.59 Å². The summed E-state index contributed by atoms with van der Waals surface area (Å²) in [4.78, 5) is 26.8. The average molecular weight is 527 g/mol. The largest absolute Gasteiger partial charge is 0.376 e. The molecule has 6 nitrogen and oxygen atoms in total. The second-order valence-corrected chi connectivity index (χ2v) is 11.2. The van der Waals surface area contributed by atoms with Crippen molar-refractivity contribution in [1.29, 1.82) is 0 Å². The monoisotopic (exact) mass is 526 g/mol. The lowest BCUT2D eigenvalue weighted by Crippen LogP contribution is -2.64. The van der Waals surface area contributed by atoms with E-state index < -0.39 is 11.6 Å². The predicted octanol–water partition coefficient (Wildman–Crippen LogP) is 6.91. The Morgan fingerprint density at radius 2 is 1.38 bits per heavy atom. The molecule has 0 aromatic heterocycles. The highest BCUT2D eigenvalue weighted by molar-refractivity contribution is 5.96. The number of amides is 2. The summed E-state index contributed by atoms with van der Waals surface area (Å²) < 4.78 is 0. The van der Waals surface area contributed by atoms with E-state index in [1.807, 2.05) is 36.4 Å². The molecule has 2 amide bonds. The number of hydrogen-bond donors (Lipinski definition) is 4. The number of carbonyl (C=O) groups is 2. The molecule has 4 rings (SSSR count). The standard InChI is InChI=1S/C33H42N4O2/c1-22(2)26-15-11-16-27(23(3)4)30(26)35-32(39)36-31(24(5)38)33(18-20-34-21-19-33)37-29-17-10-9-14-28(29)25-12-7-6-8-13-25/h6-17,22-23,31,34,37H,18-21H2,1-5H3,(H2,35,36,39). The molecule has 0 saturated carbocycles. The summed E-state index contributed by atoms with van der Waals surface area (Å²) in [5, 5.41) is 13.4.